The van der Waals surface area contributed by atoms with E-state index >= 15 is 0 Å². The van der Waals surface area contributed by atoms with E-state index in [-0.39, 0.29) is 17.9 Å². The fraction of sp³-hybridized carbons (Fsp3) is 0.533. The Balaban J connectivity index is 2.53. The highest BCUT2D eigenvalue weighted by Crippen LogP contribution is 2.15. The van der Waals surface area contributed by atoms with Gasteiger partial charge in [-0.05, 0) is 18.9 Å². The standard InChI is InChI=1S/C15H24N2O/c1-3-4-10-14(11-16)17-15(18)12(2)13-8-6-5-7-9-13/h5-9,12,14H,3-4,10-11,16H2,1-2H3,(H,17,18). The third-order valence-electron chi connectivity index (χ3n) is 3.23. The lowest BCUT2D eigenvalue weighted by Crippen LogP contribution is -2.42. The number of rotatable bonds is 7. The molecule has 1 aromatic rings. The molecule has 2 atom stereocenters. The van der Waals surface area contributed by atoms with Crippen molar-refractivity contribution in [3.63, 3.8) is 0 Å². The molecule has 2 unspecified atom stereocenters. The lowest BCUT2D eigenvalue weighted by molar-refractivity contribution is -0.122. The number of amides is 1. The first-order chi connectivity index (χ1) is 8.69. The topological polar surface area (TPSA) is 55.1 Å². The minimum Gasteiger partial charge on any atom is -0.352 e. The molecule has 0 aromatic heterocycles. The van der Waals surface area contributed by atoms with Crippen LogP contribution in [0.2, 0.25) is 0 Å². The molecule has 0 saturated carbocycles. The SMILES string of the molecule is CCCCC(CN)NC(=O)C(C)c1ccccc1. The molecular formula is C15H24N2O. The van der Waals surface area contributed by atoms with E-state index in [1.54, 1.807) is 0 Å². The first-order valence-corrected chi connectivity index (χ1v) is 6.74. The number of hydrogen-bond donors (Lipinski definition) is 2. The maximum atomic E-state index is 12.1. The van der Waals surface area contributed by atoms with Gasteiger partial charge in [0.05, 0.1) is 5.92 Å². The molecule has 3 nitrogen and oxygen atoms in total. The summed E-state index contributed by atoms with van der Waals surface area (Å²) in [6, 6.07) is 9.93. The van der Waals surface area contributed by atoms with Crippen LogP contribution in [0.15, 0.2) is 30.3 Å². The van der Waals surface area contributed by atoms with Crippen LogP contribution < -0.4 is 11.1 Å². The highest BCUT2D eigenvalue weighted by molar-refractivity contribution is 5.83. The van der Waals surface area contributed by atoms with Crippen LogP contribution in [0.4, 0.5) is 0 Å². The average Bonchev–Trinajstić information content (AvgIpc) is 2.43. The number of carbonyl (C=O) groups is 1. The summed E-state index contributed by atoms with van der Waals surface area (Å²) in [5, 5.41) is 3.04. The van der Waals surface area contributed by atoms with Crippen molar-refractivity contribution in [2.24, 2.45) is 5.73 Å². The average molecular weight is 248 g/mol. The molecule has 0 saturated heterocycles. The summed E-state index contributed by atoms with van der Waals surface area (Å²) in [6.45, 7) is 4.58. The normalized spacial score (nSPS) is 13.9. The van der Waals surface area contributed by atoms with Gasteiger partial charge in [-0.15, -0.1) is 0 Å². The predicted molar refractivity (Wildman–Crippen MR) is 75.4 cm³/mol. The number of nitrogens with one attached hydrogen (secondary N) is 1. The Bertz CT molecular complexity index is 351. The van der Waals surface area contributed by atoms with Gasteiger partial charge in [0.15, 0.2) is 0 Å². The Kier molecular flexibility index (Phi) is 6.44. The highest BCUT2D eigenvalue weighted by Gasteiger charge is 2.17. The summed E-state index contributed by atoms with van der Waals surface area (Å²) in [6.07, 6.45) is 3.18. The summed E-state index contributed by atoms with van der Waals surface area (Å²) in [4.78, 5) is 12.1. The summed E-state index contributed by atoms with van der Waals surface area (Å²) in [5.41, 5.74) is 6.73. The van der Waals surface area contributed by atoms with E-state index in [4.69, 9.17) is 5.73 Å². The van der Waals surface area contributed by atoms with E-state index in [0.717, 1.165) is 24.8 Å². The summed E-state index contributed by atoms with van der Waals surface area (Å²) in [7, 11) is 0. The lowest BCUT2D eigenvalue weighted by atomic mass is 9.99. The second-order valence-electron chi connectivity index (χ2n) is 4.72. The van der Waals surface area contributed by atoms with Crippen molar-refractivity contribution in [3.05, 3.63) is 35.9 Å². The summed E-state index contributed by atoms with van der Waals surface area (Å²) < 4.78 is 0. The van der Waals surface area contributed by atoms with Gasteiger partial charge >= 0.3 is 0 Å². The van der Waals surface area contributed by atoms with Crippen LogP contribution in [0.5, 0.6) is 0 Å². The maximum Gasteiger partial charge on any atom is 0.227 e. The van der Waals surface area contributed by atoms with Gasteiger partial charge in [-0.25, -0.2) is 0 Å². The van der Waals surface area contributed by atoms with Gasteiger partial charge < -0.3 is 11.1 Å². The molecule has 3 heteroatoms. The van der Waals surface area contributed by atoms with Gasteiger partial charge in [-0.3, -0.25) is 4.79 Å². The number of hydrogen-bond acceptors (Lipinski definition) is 2. The van der Waals surface area contributed by atoms with E-state index in [0.29, 0.717) is 6.54 Å². The minimum atomic E-state index is -0.123. The number of carbonyl (C=O) groups excluding carboxylic acids is 1. The van der Waals surface area contributed by atoms with Gasteiger partial charge in [0.25, 0.3) is 0 Å². The molecule has 0 spiro atoms. The number of unbranched alkanes of at least 4 members (excludes halogenated alkanes) is 1. The van der Waals surface area contributed by atoms with Gasteiger partial charge in [0, 0.05) is 12.6 Å². The zero-order valence-corrected chi connectivity index (χ0v) is 11.4. The Morgan fingerprint density at radius 3 is 2.56 bits per heavy atom. The van der Waals surface area contributed by atoms with Crippen molar-refractivity contribution in [1.82, 2.24) is 5.32 Å². The zero-order valence-electron chi connectivity index (χ0n) is 11.4. The van der Waals surface area contributed by atoms with E-state index in [1.807, 2.05) is 37.3 Å². The van der Waals surface area contributed by atoms with Gasteiger partial charge in [-0.2, -0.15) is 0 Å². The Labute approximate surface area is 110 Å². The van der Waals surface area contributed by atoms with Crippen molar-refractivity contribution in [2.75, 3.05) is 6.54 Å². The molecule has 1 amide bonds. The highest BCUT2D eigenvalue weighted by atomic mass is 16.1. The van der Waals surface area contributed by atoms with Gasteiger partial charge in [0.2, 0.25) is 5.91 Å². The first-order valence-electron chi connectivity index (χ1n) is 6.74. The molecule has 0 fully saturated rings. The second-order valence-corrected chi connectivity index (χ2v) is 4.72. The quantitative estimate of drug-likeness (QED) is 0.778. The van der Waals surface area contributed by atoms with Crippen LogP contribution in [0.1, 0.15) is 44.6 Å². The molecule has 0 heterocycles. The molecule has 3 N–H and O–H groups in total. The zero-order chi connectivity index (χ0) is 13.4. The van der Waals surface area contributed by atoms with E-state index in [9.17, 15) is 4.79 Å². The van der Waals surface area contributed by atoms with Crippen molar-refractivity contribution in [3.8, 4) is 0 Å². The molecule has 1 aromatic carbocycles. The van der Waals surface area contributed by atoms with Gasteiger partial charge in [0.1, 0.15) is 0 Å². The van der Waals surface area contributed by atoms with Crippen LogP contribution >= 0.6 is 0 Å². The third kappa shape index (κ3) is 4.49. The largest absolute Gasteiger partial charge is 0.352 e. The van der Waals surface area contributed by atoms with Crippen molar-refractivity contribution < 1.29 is 4.79 Å². The van der Waals surface area contributed by atoms with Crippen LogP contribution in [-0.2, 0) is 4.79 Å². The van der Waals surface area contributed by atoms with Crippen LogP contribution in [0.3, 0.4) is 0 Å². The second kappa shape index (κ2) is 7.88. The molecular weight excluding hydrogens is 224 g/mol. The van der Waals surface area contributed by atoms with Crippen molar-refractivity contribution in [1.29, 1.82) is 0 Å². The minimum absolute atomic E-state index is 0.0627. The van der Waals surface area contributed by atoms with E-state index in [2.05, 4.69) is 12.2 Å². The number of benzene rings is 1. The molecule has 1 rings (SSSR count). The van der Waals surface area contributed by atoms with Crippen molar-refractivity contribution >= 4 is 5.91 Å². The molecule has 0 aliphatic carbocycles. The Morgan fingerprint density at radius 1 is 1.33 bits per heavy atom. The Hall–Kier alpha value is -1.35. The Morgan fingerprint density at radius 2 is 2.00 bits per heavy atom. The maximum absolute atomic E-state index is 12.1. The predicted octanol–water partition coefficient (Wildman–Crippen LogP) is 2.42. The first kappa shape index (κ1) is 14.7. The fourth-order valence-corrected chi connectivity index (χ4v) is 1.92. The third-order valence-corrected chi connectivity index (χ3v) is 3.23. The molecule has 0 aliphatic heterocycles. The fourth-order valence-electron chi connectivity index (χ4n) is 1.92. The monoisotopic (exact) mass is 248 g/mol. The molecule has 100 valence electrons. The molecule has 0 radical (unpaired) electrons. The molecule has 18 heavy (non-hydrogen) atoms. The van der Waals surface area contributed by atoms with Gasteiger partial charge in [-0.1, -0.05) is 50.1 Å². The smallest absolute Gasteiger partial charge is 0.227 e. The van der Waals surface area contributed by atoms with Crippen LogP contribution in [0, 0.1) is 0 Å². The van der Waals surface area contributed by atoms with E-state index < -0.39 is 0 Å². The van der Waals surface area contributed by atoms with Crippen molar-refractivity contribution in [2.45, 2.75) is 45.1 Å². The molecule has 0 bridgehead atoms. The summed E-state index contributed by atoms with van der Waals surface area (Å²) >= 11 is 0. The molecule has 0 aliphatic rings. The lowest BCUT2D eigenvalue weighted by Gasteiger charge is -2.19. The van der Waals surface area contributed by atoms with Crippen LogP contribution in [-0.4, -0.2) is 18.5 Å². The van der Waals surface area contributed by atoms with Crippen LogP contribution in [0.25, 0.3) is 0 Å². The summed E-state index contributed by atoms with van der Waals surface area (Å²) in [5.74, 6) is -0.0605. The number of nitrogens with two attached hydrogens (primary N) is 1. The van der Waals surface area contributed by atoms with E-state index in [1.165, 1.54) is 0 Å².